The van der Waals surface area contributed by atoms with E-state index in [9.17, 15) is 0 Å². The van der Waals surface area contributed by atoms with E-state index in [1.807, 2.05) is 0 Å². The summed E-state index contributed by atoms with van der Waals surface area (Å²) in [6, 6.07) is 15.4. The van der Waals surface area contributed by atoms with Gasteiger partial charge in [0, 0.05) is 42.3 Å². The van der Waals surface area contributed by atoms with Crippen LogP contribution in [0.15, 0.2) is 67.3 Å². The number of pyridine rings is 2. The normalized spacial score (nSPS) is 10.9. The smallest absolute Gasteiger partial charge is 0.205 e. The maximum Gasteiger partial charge on any atom is 0.210 e. The Morgan fingerprint density at radius 3 is 2.11 bits per heavy atom. The molecule has 2 heteroatoms. The second-order valence-corrected chi connectivity index (χ2v) is 7.52. The first kappa shape index (κ1) is 19.3. The molecule has 0 amide bonds. The van der Waals surface area contributed by atoms with Gasteiger partial charge in [0.05, 0.1) is 0 Å². The molecular formula is C25H32N2+2. The van der Waals surface area contributed by atoms with Crippen molar-refractivity contribution in [1.82, 2.24) is 0 Å². The van der Waals surface area contributed by atoms with Crippen molar-refractivity contribution in [3.8, 4) is 16.8 Å². The highest BCUT2D eigenvalue weighted by molar-refractivity contribution is 5.65. The molecular weight excluding hydrogens is 328 g/mol. The molecule has 1 aromatic carbocycles. The second-order valence-electron chi connectivity index (χ2n) is 7.52. The quantitative estimate of drug-likeness (QED) is 0.370. The molecule has 27 heavy (non-hydrogen) atoms. The van der Waals surface area contributed by atoms with Gasteiger partial charge in [0.1, 0.15) is 6.54 Å². The lowest BCUT2D eigenvalue weighted by molar-refractivity contribution is -0.697. The minimum Gasteiger partial charge on any atom is -0.205 e. The maximum absolute atomic E-state index is 2.31. The summed E-state index contributed by atoms with van der Waals surface area (Å²) in [4.78, 5) is 0. The third-order valence-electron chi connectivity index (χ3n) is 5.21. The van der Waals surface area contributed by atoms with Crippen LogP contribution in [0.1, 0.15) is 50.2 Å². The third-order valence-corrected chi connectivity index (χ3v) is 5.21. The molecule has 0 aliphatic heterocycles. The average molecular weight is 361 g/mol. The molecule has 0 radical (unpaired) electrons. The summed E-state index contributed by atoms with van der Waals surface area (Å²) in [5.74, 6) is 0. The van der Waals surface area contributed by atoms with Crippen molar-refractivity contribution >= 4 is 0 Å². The van der Waals surface area contributed by atoms with Gasteiger partial charge in [-0.3, -0.25) is 0 Å². The van der Waals surface area contributed by atoms with Crippen LogP contribution in [0, 0.1) is 13.8 Å². The van der Waals surface area contributed by atoms with E-state index in [1.54, 1.807) is 0 Å². The molecule has 0 unspecified atom stereocenters. The van der Waals surface area contributed by atoms with Crippen LogP contribution in [0.25, 0.3) is 16.8 Å². The van der Waals surface area contributed by atoms with Gasteiger partial charge in [0.15, 0.2) is 24.8 Å². The van der Waals surface area contributed by atoms with Gasteiger partial charge >= 0.3 is 0 Å². The van der Waals surface area contributed by atoms with E-state index in [2.05, 4.69) is 97.2 Å². The Hall–Kier alpha value is -2.48. The highest BCUT2D eigenvalue weighted by atomic mass is 14.9. The summed E-state index contributed by atoms with van der Waals surface area (Å²) in [6.45, 7) is 7.69. The zero-order valence-corrected chi connectivity index (χ0v) is 17.0. The fourth-order valence-corrected chi connectivity index (χ4v) is 3.49. The van der Waals surface area contributed by atoms with Crippen LogP contribution >= 0.6 is 0 Å². The first-order chi connectivity index (χ1) is 13.2. The number of benzene rings is 1. The number of unbranched alkanes of at least 4 members (excludes halogenated alkanes) is 4. The molecule has 2 heterocycles. The Labute approximate surface area is 164 Å². The Balaban J connectivity index is 1.68. The van der Waals surface area contributed by atoms with E-state index in [0.29, 0.717) is 0 Å². The predicted octanol–water partition coefficient (Wildman–Crippen LogP) is 5.51. The van der Waals surface area contributed by atoms with Crippen molar-refractivity contribution in [3.63, 3.8) is 0 Å². The van der Waals surface area contributed by atoms with Gasteiger partial charge in [0.25, 0.3) is 0 Å². The summed E-state index contributed by atoms with van der Waals surface area (Å²) in [5, 5.41) is 0. The molecule has 0 atom stereocenters. The molecule has 3 aromatic rings. The van der Waals surface area contributed by atoms with E-state index in [1.165, 1.54) is 60.0 Å². The second kappa shape index (κ2) is 9.45. The summed E-state index contributed by atoms with van der Waals surface area (Å²) in [7, 11) is 0. The zero-order valence-electron chi connectivity index (χ0n) is 17.0. The van der Waals surface area contributed by atoms with Gasteiger partial charge in [-0.15, -0.1) is 0 Å². The molecule has 0 saturated carbocycles. The molecule has 2 aromatic heterocycles. The van der Waals surface area contributed by atoms with Crippen LogP contribution in [0.5, 0.6) is 0 Å². The van der Waals surface area contributed by atoms with Crippen molar-refractivity contribution in [3.05, 3.63) is 78.4 Å². The van der Waals surface area contributed by atoms with Crippen LogP contribution in [0.2, 0.25) is 0 Å². The van der Waals surface area contributed by atoms with Crippen molar-refractivity contribution in [2.75, 3.05) is 0 Å². The first-order valence-corrected chi connectivity index (χ1v) is 10.3. The Bertz CT molecular complexity index is 848. The van der Waals surface area contributed by atoms with Crippen LogP contribution in [0.3, 0.4) is 0 Å². The van der Waals surface area contributed by atoms with Gasteiger partial charge in [-0.25, -0.2) is 4.57 Å². The van der Waals surface area contributed by atoms with Gasteiger partial charge in [0.2, 0.25) is 5.69 Å². The van der Waals surface area contributed by atoms with E-state index in [-0.39, 0.29) is 0 Å². The van der Waals surface area contributed by atoms with Crippen LogP contribution < -0.4 is 9.13 Å². The fraction of sp³-hybridized carbons (Fsp3) is 0.360. The number of nitrogens with zero attached hydrogens (tertiary/aromatic N) is 2. The molecule has 3 rings (SSSR count). The van der Waals surface area contributed by atoms with E-state index in [4.69, 9.17) is 0 Å². The number of hydrogen-bond acceptors (Lipinski definition) is 0. The minimum atomic E-state index is 1.12. The van der Waals surface area contributed by atoms with Crippen molar-refractivity contribution in [2.24, 2.45) is 0 Å². The average Bonchev–Trinajstić information content (AvgIpc) is 2.69. The number of aromatic nitrogens is 2. The fourth-order valence-electron chi connectivity index (χ4n) is 3.49. The lowest BCUT2D eigenvalue weighted by Gasteiger charge is -2.05. The Morgan fingerprint density at radius 2 is 1.44 bits per heavy atom. The highest BCUT2D eigenvalue weighted by Gasteiger charge is 2.11. The number of aryl methyl sites for hydroxylation is 3. The monoisotopic (exact) mass is 360 g/mol. The SMILES string of the molecule is CCCCCCC[n+]1ccc(-c2cc[n+](-c3ccc(C)cc3)cc2C)cc1. The summed E-state index contributed by atoms with van der Waals surface area (Å²) < 4.78 is 4.50. The van der Waals surface area contributed by atoms with Gasteiger partial charge in [-0.2, -0.15) is 4.57 Å². The molecule has 0 bridgehead atoms. The summed E-state index contributed by atoms with van der Waals surface area (Å²) in [5.41, 5.74) is 6.36. The van der Waals surface area contributed by atoms with Gasteiger partial charge in [-0.05, 0) is 31.4 Å². The third kappa shape index (κ3) is 5.26. The van der Waals surface area contributed by atoms with Gasteiger partial charge < -0.3 is 0 Å². The predicted molar refractivity (Wildman–Crippen MR) is 112 cm³/mol. The summed E-state index contributed by atoms with van der Waals surface area (Å²) in [6.07, 6.45) is 15.4. The lowest BCUT2D eigenvalue weighted by Crippen LogP contribution is -2.32. The summed E-state index contributed by atoms with van der Waals surface area (Å²) >= 11 is 0. The molecule has 0 N–H and O–H groups in total. The topological polar surface area (TPSA) is 7.76 Å². The van der Waals surface area contributed by atoms with E-state index < -0.39 is 0 Å². The molecule has 0 spiro atoms. The van der Waals surface area contributed by atoms with E-state index in [0.717, 1.165) is 6.54 Å². The Morgan fingerprint density at radius 1 is 0.741 bits per heavy atom. The highest BCUT2D eigenvalue weighted by Crippen LogP contribution is 2.21. The molecule has 0 fully saturated rings. The van der Waals surface area contributed by atoms with Crippen molar-refractivity contribution < 1.29 is 9.13 Å². The minimum absolute atomic E-state index is 1.12. The van der Waals surface area contributed by atoms with Gasteiger partial charge in [-0.1, -0.05) is 43.9 Å². The zero-order chi connectivity index (χ0) is 19.1. The standard InChI is InChI=1S/C25H32N2/c1-4-5-6-7-8-16-26-17-13-23(14-18-26)25-15-19-27(20-22(25)3)24-11-9-21(2)10-12-24/h9-15,17-20H,4-8,16H2,1-3H3/q+2. The molecule has 0 saturated heterocycles. The lowest BCUT2D eigenvalue weighted by atomic mass is 10.0. The molecule has 0 aliphatic carbocycles. The van der Waals surface area contributed by atoms with Crippen LogP contribution in [-0.4, -0.2) is 0 Å². The molecule has 0 aliphatic rings. The van der Waals surface area contributed by atoms with Crippen molar-refractivity contribution in [1.29, 1.82) is 0 Å². The molecule has 140 valence electrons. The number of hydrogen-bond donors (Lipinski definition) is 0. The Kier molecular flexibility index (Phi) is 6.75. The number of rotatable bonds is 8. The van der Waals surface area contributed by atoms with Crippen LogP contribution in [0.4, 0.5) is 0 Å². The first-order valence-electron chi connectivity index (χ1n) is 10.3. The molecule has 2 nitrogen and oxygen atoms in total. The van der Waals surface area contributed by atoms with Crippen molar-refractivity contribution in [2.45, 2.75) is 59.4 Å². The van der Waals surface area contributed by atoms with E-state index >= 15 is 0 Å². The van der Waals surface area contributed by atoms with Crippen LogP contribution in [-0.2, 0) is 6.54 Å². The largest absolute Gasteiger partial charge is 0.210 e. The maximum atomic E-state index is 2.31.